The summed E-state index contributed by atoms with van der Waals surface area (Å²) in [5.74, 6) is 0.966. The van der Waals surface area contributed by atoms with Gasteiger partial charge in [0, 0.05) is 57.5 Å². The van der Waals surface area contributed by atoms with Crippen LogP contribution in [0.1, 0.15) is 48.6 Å². The Bertz CT molecular complexity index is 1240. The number of amides is 1. The second kappa shape index (κ2) is 10.8. The van der Waals surface area contributed by atoms with Gasteiger partial charge in [-0.25, -0.2) is 0 Å². The van der Waals surface area contributed by atoms with Gasteiger partial charge in [-0.15, -0.1) is 0 Å². The van der Waals surface area contributed by atoms with Gasteiger partial charge in [0.05, 0.1) is 5.92 Å². The van der Waals surface area contributed by atoms with Crippen LogP contribution in [0.25, 0.3) is 10.8 Å². The van der Waals surface area contributed by atoms with Crippen LogP contribution in [0, 0.1) is 5.92 Å². The number of piperidine rings is 1. The number of ether oxygens (including phenoxy) is 1. The summed E-state index contributed by atoms with van der Waals surface area (Å²) < 4.78 is 5.30. The van der Waals surface area contributed by atoms with Crippen molar-refractivity contribution in [3.63, 3.8) is 0 Å². The number of rotatable bonds is 9. The van der Waals surface area contributed by atoms with E-state index in [-0.39, 0.29) is 11.8 Å². The van der Waals surface area contributed by atoms with Crippen molar-refractivity contribution >= 4 is 22.4 Å². The smallest absolute Gasteiger partial charge is 0.227 e. The number of para-hydroxylation sites is 1. The third-order valence-electron chi connectivity index (χ3n) is 8.62. The molecule has 2 aliphatic heterocycles. The molecule has 1 saturated heterocycles. The fourth-order valence-corrected chi connectivity index (χ4v) is 6.56. The molecule has 6 rings (SSSR count). The zero-order chi connectivity index (χ0) is 25.2. The minimum absolute atomic E-state index is 0.00929. The summed E-state index contributed by atoms with van der Waals surface area (Å²) >= 11 is 0. The molecule has 1 N–H and O–H groups in total. The lowest BCUT2D eigenvalue weighted by Crippen LogP contribution is -2.48. The molecule has 3 aromatic rings. The summed E-state index contributed by atoms with van der Waals surface area (Å²) in [5, 5.41) is 6.07. The molecule has 1 unspecified atom stereocenters. The fraction of sp³-hybridized carbons (Fsp3) is 0.469. The number of hydrogen-bond donors (Lipinski definition) is 1. The lowest BCUT2D eigenvalue weighted by molar-refractivity contribution is -0.137. The van der Waals surface area contributed by atoms with Gasteiger partial charge in [0.1, 0.15) is 0 Å². The van der Waals surface area contributed by atoms with Gasteiger partial charge < -0.3 is 19.9 Å². The van der Waals surface area contributed by atoms with Crippen LogP contribution in [0.5, 0.6) is 0 Å². The van der Waals surface area contributed by atoms with E-state index < -0.39 is 0 Å². The molecular formula is C32H39N3O2. The first-order chi connectivity index (χ1) is 18.2. The maximum absolute atomic E-state index is 14.3. The number of carbonyl (C=O) groups excluding carboxylic acids is 1. The molecule has 1 saturated carbocycles. The number of methoxy groups -OCH3 is 1. The average molecular weight is 498 g/mol. The van der Waals surface area contributed by atoms with E-state index in [0.29, 0.717) is 17.9 Å². The first-order valence-corrected chi connectivity index (χ1v) is 14.1. The Morgan fingerprint density at radius 2 is 1.84 bits per heavy atom. The molecule has 2 fully saturated rings. The van der Waals surface area contributed by atoms with E-state index in [1.54, 1.807) is 7.11 Å². The van der Waals surface area contributed by atoms with Crippen molar-refractivity contribution in [1.82, 2.24) is 10.2 Å². The van der Waals surface area contributed by atoms with Gasteiger partial charge in [-0.3, -0.25) is 4.79 Å². The number of nitrogens with one attached hydrogen (secondary N) is 1. The normalized spacial score (nSPS) is 23.3. The molecule has 0 radical (unpaired) electrons. The number of nitrogens with zero attached hydrogens (tertiary/aromatic N) is 2. The highest BCUT2D eigenvalue weighted by Crippen LogP contribution is 2.41. The van der Waals surface area contributed by atoms with Crippen LogP contribution >= 0.6 is 0 Å². The number of hydrogen-bond acceptors (Lipinski definition) is 4. The van der Waals surface area contributed by atoms with Gasteiger partial charge in [0.25, 0.3) is 0 Å². The molecule has 3 atom stereocenters. The number of benzene rings is 3. The molecule has 0 spiro atoms. The molecule has 0 aromatic heterocycles. The molecule has 0 bridgehead atoms. The second-order valence-corrected chi connectivity index (χ2v) is 11.1. The van der Waals surface area contributed by atoms with Crippen LogP contribution in [0.4, 0.5) is 5.69 Å². The molecule has 194 valence electrons. The lowest BCUT2D eigenvalue weighted by Gasteiger charge is -2.36. The van der Waals surface area contributed by atoms with Crippen molar-refractivity contribution in [2.24, 2.45) is 5.92 Å². The van der Waals surface area contributed by atoms with E-state index in [4.69, 9.17) is 4.74 Å². The van der Waals surface area contributed by atoms with Crippen LogP contribution in [0.3, 0.4) is 0 Å². The monoisotopic (exact) mass is 497 g/mol. The zero-order valence-electron chi connectivity index (χ0n) is 21.9. The molecule has 1 aliphatic carbocycles. The second-order valence-electron chi connectivity index (χ2n) is 11.1. The highest BCUT2D eigenvalue weighted by atomic mass is 16.5. The number of anilines is 1. The van der Waals surface area contributed by atoms with Gasteiger partial charge in [0.15, 0.2) is 0 Å². The van der Waals surface area contributed by atoms with Gasteiger partial charge in [-0.05, 0) is 66.1 Å². The Labute approximate surface area is 220 Å². The maximum atomic E-state index is 14.3. The van der Waals surface area contributed by atoms with Crippen molar-refractivity contribution < 1.29 is 9.53 Å². The molecule has 1 amide bonds. The van der Waals surface area contributed by atoms with Crippen LogP contribution in [-0.2, 0) is 9.53 Å². The van der Waals surface area contributed by atoms with E-state index in [1.807, 2.05) is 0 Å². The first kappa shape index (κ1) is 24.4. The SMILES string of the molecule is COCCCN1CC(CN(C(=O)[C@H]2CNCC[C@@H]2c2ccc3ccccc3c2)C2CC2)c2ccccc21. The van der Waals surface area contributed by atoms with Crippen LogP contribution in [0.15, 0.2) is 66.7 Å². The third-order valence-corrected chi connectivity index (χ3v) is 8.62. The summed E-state index contributed by atoms with van der Waals surface area (Å²) in [6.07, 6.45) is 4.30. The summed E-state index contributed by atoms with van der Waals surface area (Å²) in [6, 6.07) is 24.5. The summed E-state index contributed by atoms with van der Waals surface area (Å²) in [5.41, 5.74) is 4.04. The van der Waals surface area contributed by atoms with Gasteiger partial charge in [-0.2, -0.15) is 0 Å². The van der Waals surface area contributed by atoms with Crippen LogP contribution in [-0.4, -0.2) is 63.3 Å². The molecule has 3 aliphatic rings. The summed E-state index contributed by atoms with van der Waals surface area (Å²) in [7, 11) is 1.77. The van der Waals surface area contributed by atoms with E-state index in [9.17, 15) is 4.79 Å². The Balaban J connectivity index is 1.23. The van der Waals surface area contributed by atoms with Crippen molar-refractivity contribution in [3.8, 4) is 0 Å². The Kier molecular flexibility index (Phi) is 7.16. The number of fused-ring (bicyclic) bond motifs is 2. The van der Waals surface area contributed by atoms with E-state index >= 15 is 0 Å². The third kappa shape index (κ3) is 5.12. The molecular weight excluding hydrogens is 458 g/mol. The molecule has 5 heteroatoms. The van der Waals surface area contributed by atoms with Gasteiger partial charge in [0.2, 0.25) is 5.91 Å². The van der Waals surface area contributed by atoms with Gasteiger partial charge >= 0.3 is 0 Å². The van der Waals surface area contributed by atoms with E-state index in [0.717, 1.165) is 65.0 Å². The molecule has 37 heavy (non-hydrogen) atoms. The standard InChI is InChI=1S/C32H39N3O2/c1-37-18-6-17-34-21-26(29-9-4-5-10-31(29)34)22-35(27-13-14-27)32(36)30-20-33-16-15-28(30)25-12-11-23-7-2-3-8-24(23)19-25/h2-5,7-12,19,26-28,30,33H,6,13-18,20-22H2,1H3/t26?,28-,30+/m1/s1. The van der Waals surface area contributed by atoms with Crippen molar-refractivity contribution in [3.05, 3.63) is 77.9 Å². The first-order valence-electron chi connectivity index (χ1n) is 14.1. The summed E-state index contributed by atoms with van der Waals surface area (Å²) in [4.78, 5) is 19.0. The summed E-state index contributed by atoms with van der Waals surface area (Å²) in [6.45, 7) is 5.32. The average Bonchev–Trinajstić information content (AvgIpc) is 3.74. The van der Waals surface area contributed by atoms with Crippen molar-refractivity contribution in [2.45, 2.75) is 43.6 Å². The molecule has 3 aromatic carbocycles. The van der Waals surface area contributed by atoms with Crippen LogP contribution in [0.2, 0.25) is 0 Å². The minimum atomic E-state index is -0.00929. The van der Waals surface area contributed by atoms with E-state index in [1.165, 1.54) is 27.6 Å². The predicted molar refractivity (Wildman–Crippen MR) is 150 cm³/mol. The van der Waals surface area contributed by atoms with Gasteiger partial charge in [-0.1, -0.05) is 60.7 Å². The molecule has 5 nitrogen and oxygen atoms in total. The zero-order valence-corrected chi connectivity index (χ0v) is 21.9. The topological polar surface area (TPSA) is 44.8 Å². The fourth-order valence-electron chi connectivity index (χ4n) is 6.56. The Morgan fingerprint density at radius 3 is 2.68 bits per heavy atom. The number of carbonyl (C=O) groups is 1. The van der Waals surface area contributed by atoms with Crippen LogP contribution < -0.4 is 10.2 Å². The largest absolute Gasteiger partial charge is 0.385 e. The Hall–Kier alpha value is -2.89. The highest BCUT2D eigenvalue weighted by molar-refractivity contribution is 5.84. The Morgan fingerprint density at radius 1 is 1.03 bits per heavy atom. The van der Waals surface area contributed by atoms with Crippen molar-refractivity contribution in [2.75, 3.05) is 51.3 Å². The maximum Gasteiger partial charge on any atom is 0.227 e. The highest BCUT2D eigenvalue weighted by Gasteiger charge is 2.42. The predicted octanol–water partition coefficient (Wildman–Crippen LogP) is 5.16. The minimum Gasteiger partial charge on any atom is -0.385 e. The van der Waals surface area contributed by atoms with Crippen molar-refractivity contribution in [1.29, 1.82) is 0 Å². The van der Waals surface area contributed by atoms with E-state index in [2.05, 4.69) is 81.8 Å². The lowest BCUT2D eigenvalue weighted by atomic mass is 9.79. The quantitative estimate of drug-likeness (QED) is 0.415. The molecule has 2 heterocycles.